The van der Waals surface area contributed by atoms with Crippen LogP contribution in [0, 0.1) is 0 Å². The third-order valence-electron chi connectivity index (χ3n) is 4.75. The van der Waals surface area contributed by atoms with Crippen LogP contribution in [0.4, 0.5) is 0 Å². The molecule has 0 radical (unpaired) electrons. The Morgan fingerprint density at radius 3 is 3.00 bits per heavy atom. The highest BCUT2D eigenvalue weighted by Crippen LogP contribution is 2.21. The molecule has 0 bridgehead atoms. The Labute approximate surface area is 178 Å². The maximum absolute atomic E-state index is 5.90. The van der Waals surface area contributed by atoms with E-state index in [1.807, 2.05) is 26.5 Å². The fraction of sp³-hybridized carbons (Fsp3) is 0.778. The molecule has 0 amide bonds. The highest BCUT2D eigenvalue weighted by molar-refractivity contribution is 14.0. The number of rotatable bonds is 7. The van der Waals surface area contributed by atoms with Crippen molar-refractivity contribution >= 4 is 29.9 Å². The van der Waals surface area contributed by atoms with Crippen molar-refractivity contribution in [2.24, 2.45) is 12.0 Å². The van der Waals surface area contributed by atoms with Gasteiger partial charge in [0.25, 0.3) is 0 Å². The molecule has 0 aliphatic carbocycles. The fourth-order valence-corrected chi connectivity index (χ4v) is 3.35. The molecular weight excluding hydrogens is 461 g/mol. The zero-order valence-electron chi connectivity index (χ0n) is 16.3. The van der Waals surface area contributed by atoms with Gasteiger partial charge < -0.3 is 24.4 Å². The summed E-state index contributed by atoms with van der Waals surface area (Å²) in [5.41, 5.74) is 1.11. The monoisotopic (exact) mass is 493 g/mol. The van der Waals surface area contributed by atoms with Crippen LogP contribution in [-0.4, -0.2) is 79.9 Å². The van der Waals surface area contributed by atoms with E-state index in [0.29, 0.717) is 19.3 Å². The maximum Gasteiger partial charge on any atom is 0.193 e. The topological polar surface area (TPSA) is 73.1 Å². The molecule has 1 aromatic rings. The number of ether oxygens (including phenoxy) is 3. The number of hydrogen-bond acceptors (Lipinski definition) is 5. The molecule has 27 heavy (non-hydrogen) atoms. The van der Waals surface area contributed by atoms with E-state index >= 15 is 0 Å². The molecule has 154 valence electrons. The lowest BCUT2D eigenvalue weighted by Gasteiger charge is -2.34. The second-order valence-electron chi connectivity index (χ2n) is 6.79. The van der Waals surface area contributed by atoms with Gasteiger partial charge in [0.05, 0.1) is 32.1 Å². The molecule has 2 saturated heterocycles. The van der Waals surface area contributed by atoms with Crippen molar-refractivity contribution < 1.29 is 14.2 Å². The van der Waals surface area contributed by atoms with Crippen LogP contribution >= 0.6 is 24.0 Å². The first kappa shape index (κ1) is 22.4. The lowest BCUT2D eigenvalue weighted by molar-refractivity contribution is -0.00813. The van der Waals surface area contributed by atoms with Gasteiger partial charge in [-0.3, -0.25) is 9.67 Å². The first-order chi connectivity index (χ1) is 12.8. The normalized spacial score (nSPS) is 23.3. The van der Waals surface area contributed by atoms with Gasteiger partial charge in [-0.2, -0.15) is 5.10 Å². The van der Waals surface area contributed by atoms with Crippen LogP contribution in [0.15, 0.2) is 17.4 Å². The molecule has 1 aromatic heterocycles. The highest BCUT2D eigenvalue weighted by Gasteiger charge is 2.25. The number of nitrogens with one attached hydrogen (secondary N) is 1. The summed E-state index contributed by atoms with van der Waals surface area (Å²) < 4.78 is 19.0. The molecule has 2 aliphatic heterocycles. The molecule has 1 N–H and O–H groups in total. The highest BCUT2D eigenvalue weighted by atomic mass is 127. The lowest BCUT2D eigenvalue weighted by atomic mass is 10.1. The van der Waals surface area contributed by atoms with Gasteiger partial charge in [-0.1, -0.05) is 0 Å². The van der Waals surface area contributed by atoms with Crippen molar-refractivity contribution in [3.63, 3.8) is 0 Å². The average molecular weight is 493 g/mol. The molecule has 8 nitrogen and oxygen atoms in total. The molecule has 0 spiro atoms. The number of aryl methyl sites for hydroxylation is 1. The summed E-state index contributed by atoms with van der Waals surface area (Å²) in [5, 5.41) is 7.67. The Morgan fingerprint density at radius 1 is 1.41 bits per heavy atom. The van der Waals surface area contributed by atoms with E-state index in [1.165, 1.54) is 0 Å². The summed E-state index contributed by atoms with van der Waals surface area (Å²) in [5.74, 6) is 0.918. The van der Waals surface area contributed by atoms with Gasteiger partial charge >= 0.3 is 0 Å². The zero-order valence-corrected chi connectivity index (χ0v) is 18.6. The van der Waals surface area contributed by atoms with Gasteiger partial charge in [-0.05, 0) is 19.3 Å². The third kappa shape index (κ3) is 6.88. The Bertz CT molecular complexity index is 577. The smallest absolute Gasteiger partial charge is 0.193 e. The quantitative estimate of drug-likeness (QED) is 0.269. The van der Waals surface area contributed by atoms with E-state index in [9.17, 15) is 0 Å². The molecule has 0 saturated carbocycles. The maximum atomic E-state index is 5.90. The molecule has 2 atom stereocenters. The third-order valence-corrected chi connectivity index (χ3v) is 4.75. The van der Waals surface area contributed by atoms with Crippen LogP contribution in [-0.2, 0) is 21.3 Å². The second kappa shape index (κ2) is 11.8. The largest absolute Gasteiger partial charge is 0.379 e. The fourth-order valence-electron chi connectivity index (χ4n) is 3.35. The standard InChI is InChI=1S/C18H31N5O3.HI/c1-19-18(20-6-4-8-24-14-16-5-3-9-25-16)23-7-10-26-17(13-23)15-11-21-22(2)12-15;/h11-12,16-17H,3-10,13-14H2,1-2H3,(H,19,20);1H. The minimum atomic E-state index is 0. The van der Waals surface area contributed by atoms with E-state index in [4.69, 9.17) is 14.2 Å². The minimum absolute atomic E-state index is 0. The molecule has 2 fully saturated rings. The second-order valence-corrected chi connectivity index (χ2v) is 6.79. The van der Waals surface area contributed by atoms with E-state index < -0.39 is 0 Å². The van der Waals surface area contributed by atoms with E-state index in [1.54, 1.807) is 4.68 Å². The van der Waals surface area contributed by atoms with Crippen LogP contribution < -0.4 is 5.32 Å². The Kier molecular flexibility index (Phi) is 9.80. The molecule has 0 aromatic carbocycles. The summed E-state index contributed by atoms with van der Waals surface area (Å²) in [7, 11) is 3.75. The summed E-state index contributed by atoms with van der Waals surface area (Å²) in [6.07, 6.45) is 7.44. The summed E-state index contributed by atoms with van der Waals surface area (Å²) in [6.45, 7) is 5.48. The van der Waals surface area contributed by atoms with E-state index in [0.717, 1.165) is 63.6 Å². The minimum Gasteiger partial charge on any atom is -0.379 e. The summed E-state index contributed by atoms with van der Waals surface area (Å²) >= 11 is 0. The number of aromatic nitrogens is 2. The lowest BCUT2D eigenvalue weighted by Crippen LogP contribution is -2.48. The Hall–Kier alpha value is -0.910. The van der Waals surface area contributed by atoms with Crippen LogP contribution in [0.5, 0.6) is 0 Å². The van der Waals surface area contributed by atoms with Crippen molar-refractivity contribution in [2.45, 2.75) is 31.5 Å². The number of guanidine groups is 1. The molecule has 9 heteroatoms. The number of hydrogen-bond donors (Lipinski definition) is 1. The van der Waals surface area contributed by atoms with Crippen molar-refractivity contribution in [1.82, 2.24) is 20.0 Å². The van der Waals surface area contributed by atoms with Crippen LogP contribution in [0.25, 0.3) is 0 Å². The van der Waals surface area contributed by atoms with E-state index in [2.05, 4.69) is 20.3 Å². The van der Waals surface area contributed by atoms with Crippen LogP contribution in [0.3, 0.4) is 0 Å². The predicted octanol–water partition coefficient (Wildman–Crippen LogP) is 1.57. The summed E-state index contributed by atoms with van der Waals surface area (Å²) in [4.78, 5) is 6.66. The number of aliphatic imine (C=N–C) groups is 1. The Balaban J connectivity index is 0.00000261. The van der Waals surface area contributed by atoms with Gasteiger partial charge in [0.1, 0.15) is 6.10 Å². The van der Waals surface area contributed by atoms with Crippen LogP contribution in [0.2, 0.25) is 0 Å². The molecule has 2 unspecified atom stereocenters. The molecule has 3 heterocycles. The van der Waals surface area contributed by atoms with Gasteiger partial charge in [0.2, 0.25) is 0 Å². The van der Waals surface area contributed by atoms with Gasteiger partial charge in [-0.25, -0.2) is 0 Å². The SMILES string of the molecule is CN=C(NCCCOCC1CCCO1)N1CCOC(c2cnn(C)c2)C1.I. The van der Waals surface area contributed by atoms with Gasteiger partial charge in [0.15, 0.2) is 5.96 Å². The van der Waals surface area contributed by atoms with Crippen molar-refractivity contribution in [1.29, 1.82) is 0 Å². The van der Waals surface area contributed by atoms with Crippen molar-refractivity contribution in [3.05, 3.63) is 18.0 Å². The number of halogens is 1. The number of nitrogens with zero attached hydrogens (tertiary/aromatic N) is 4. The van der Waals surface area contributed by atoms with Crippen LogP contribution in [0.1, 0.15) is 30.9 Å². The number of morpholine rings is 1. The van der Waals surface area contributed by atoms with Gasteiger partial charge in [-0.15, -0.1) is 24.0 Å². The average Bonchev–Trinajstić information content (AvgIpc) is 3.33. The van der Waals surface area contributed by atoms with E-state index in [-0.39, 0.29) is 30.1 Å². The first-order valence-electron chi connectivity index (χ1n) is 9.51. The summed E-state index contributed by atoms with van der Waals surface area (Å²) in [6, 6.07) is 0. The van der Waals surface area contributed by atoms with Crippen molar-refractivity contribution in [3.8, 4) is 0 Å². The Morgan fingerprint density at radius 2 is 2.30 bits per heavy atom. The predicted molar refractivity (Wildman–Crippen MR) is 115 cm³/mol. The molecular formula is C18H32IN5O3. The van der Waals surface area contributed by atoms with Gasteiger partial charge in [0, 0.05) is 52.2 Å². The van der Waals surface area contributed by atoms with Crippen molar-refractivity contribution in [2.75, 3.05) is 53.1 Å². The first-order valence-corrected chi connectivity index (χ1v) is 9.51. The molecule has 3 rings (SSSR count). The molecule has 2 aliphatic rings. The zero-order chi connectivity index (χ0) is 18.2.